The number of aliphatic carboxylic acids is 1. The van der Waals surface area contributed by atoms with E-state index in [9.17, 15) is 34.2 Å². The topological polar surface area (TPSA) is 205 Å². The summed E-state index contributed by atoms with van der Waals surface area (Å²) in [5, 5.41) is 24.1. The summed E-state index contributed by atoms with van der Waals surface area (Å²) < 4.78 is 0. The highest BCUT2D eigenvalue weighted by molar-refractivity contribution is 5.94. The zero-order valence-electron chi connectivity index (χ0n) is 20.5. The Morgan fingerprint density at radius 3 is 2.31 bits per heavy atom. The number of amides is 4. The molecule has 4 atom stereocenters. The van der Waals surface area contributed by atoms with Crippen molar-refractivity contribution in [3.63, 3.8) is 0 Å². The number of phenolic OH excluding ortho intramolecular Hbond substituents is 1. The molecule has 1 aromatic rings. The van der Waals surface area contributed by atoms with Gasteiger partial charge in [0.1, 0.15) is 23.9 Å². The maximum atomic E-state index is 13.6. The van der Waals surface area contributed by atoms with E-state index < -0.39 is 53.8 Å². The lowest BCUT2D eigenvalue weighted by Gasteiger charge is -2.30. The number of carbonyl (C=O) groups excluding carboxylic acids is 4. The molecule has 0 saturated carbocycles. The van der Waals surface area contributed by atoms with Crippen LogP contribution in [-0.2, 0) is 30.4 Å². The highest BCUT2D eigenvalue weighted by atomic mass is 16.4. The van der Waals surface area contributed by atoms with Crippen molar-refractivity contribution >= 4 is 29.6 Å². The maximum absolute atomic E-state index is 13.6. The average Bonchev–Trinajstić information content (AvgIpc) is 3.30. The van der Waals surface area contributed by atoms with Crippen molar-refractivity contribution in [2.24, 2.45) is 17.4 Å². The Bertz CT molecular complexity index is 966. The minimum absolute atomic E-state index is 0.00180. The molecule has 8 N–H and O–H groups in total. The molecule has 1 aromatic carbocycles. The molecule has 0 aromatic heterocycles. The molecule has 2 rings (SSSR count). The molecule has 1 fully saturated rings. The second-order valence-corrected chi connectivity index (χ2v) is 9.30. The number of carbonyl (C=O) groups is 5. The number of carboxylic acids is 1. The molecule has 1 saturated heterocycles. The number of nitrogens with zero attached hydrogens (tertiary/aromatic N) is 1. The van der Waals surface area contributed by atoms with Crippen LogP contribution in [0.4, 0.5) is 0 Å². The van der Waals surface area contributed by atoms with Gasteiger partial charge >= 0.3 is 5.97 Å². The molecule has 0 bridgehead atoms. The molecule has 4 amide bonds. The third-order valence-corrected chi connectivity index (χ3v) is 6.10. The molecule has 0 aliphatic carbocycles. The lowest BCUT2D eigenvalue weighted by molar-refractivity contribution is -0.145. The van der Waals surface area contributed by atoms with E-state index in [4.69, 9.17) is 11.5 Å². The lowest BCUT2D eigenvalue weighted by atomic mass is 10.0. The number of likely N-dealkylation sites (tertiary alicyclic amines) is 1. The van der Waals surface area contributed by atoms with Crippen LogP contribution < -0.4 is 22.1 Å². The van der Waals surface area contributed by atoms with E-state index in [2.05, 4.69) is 10.6 Å². The Hall–Kier alpha value is -3.67. The number of carboxylic acid groups (broad SMARTS) is 1. The van der Waals surface area contributed by atoms with E-state index in [1.807, 2.05) is 0 Å². The Morgan fingerprint density at radius 1 is 1.11 bits per heavy atom. The summed E-state index contributed by atoms with van der Waals surface area (Å²) in [5.74, 6) is -3.85. The van der Waals surface area contributed by atoms with Gasteiger partial charge in [0.2, 0.25) is 23.6 Å². The minimum atomic E-state index is -1.17. The summed E-state index contributed by atoms with van der Waals surface area (Å²) >= 11 is 0. The first-order valence-corrected chi connectivity index (χ1v) is 11.9. The molecule has 198 valence electrons. The number of nitrogens with two attached hydrogens (primary N) is 2. The van der Waals surface area contributed by atoms with Crippen LogP contribution >= 0.6 is 0 Å². The molecule has 1 aliphatic rings. The third kappa shape index (κ3) is 7.94. The van der Waals surface area contributed by atoms with E-state index in [0.717, 1.165) is 0 Å². The Labute approximate surface area is 209 Å². The Kier molecular flexibility index (Phi) is 10.2. The van der Waals surface area contributed by atoms with E-state index in [-0.39, 0.29) is 37.5 Å². The van der Waals surface area contributed by atoms with E-state index >= 15 is 0 Å². The highest BCUT2D eigenvalue weighted by Crippen LogP contribution is 2.21. The van der Waals surface area contributed by atoms with Crippen molar-refractivity contribution in [1.82, 2.24) is 15.5 Å². The number of aromatic hydroxyl groups is 1. The van der Waals surface area contributed by atoms with Gasteiger partial charge in [0.05, 0.1) is 6.04 Å². The largest absolute Gasteiger partial charge is 0.508 e. The molecular weight excluding hydrogens is 470 g/mol. The Balaban J connectivity index is 2.22. The normalized spacial score (nSPS) is 17.8. The zero-order valence-corrected chi connectivity index (χ0v) is 20.5. The fourth-order valence-corrected chi connectivity index (χ4v) is 4.04. The van der Waals surface area contributed by atoms with Gasteiger partial charge in [-0.25, -0.2) is 4.79 Å². The van der Waals surface area contributed by atoms with Gasteiger partial charge in [-0.1, -0.05) is 26.0 Å². The zero-order chi connectivity index (χ0) is 27.0. The van der Waals surface area contributed by atoms with Crippen LogP contribution in [0.3, 0.4) is 0 Å². The van der Waals surface area contributed by atoms with Crippen LogP contribution in [0, 0.1) is 5.92 Å². The number of hydrogen-bond donors (Lipinski definition) is 6. The second kappa shape index (κ2) is 12.9. The molecular formula is C24H35N5O7. The van der Waals surface area contributed by atoms with Crippen LogP contribution in [0.2, 0.25) is 0 Å². The number of hydrogen-bond acceptors (Lipinski definition) is 7. The van der Waals surface area contributed by atoms with Crippen LogP contribution in [0.15, 0.2) is 24.3 Å². The summed E-state index contributed by atoms with van der Waals surface area (Å²) in [6, 6.07) is 1.93. The summed E-state index contributed by atoms with van der Waals surface area (Å²) in [7, 11) is 0. The third-order valence-electron chi connectivity index (χ3n) is 6.10. The summed E-state index contributed by atoms with van der Waals surface area (Å²) in [4.78, 5) is 63.1. The van der Waals surface area contributed by atoms with Gasteiger partial charge in [-0.2, -0.15) is 0 Å². The maximum Gasteiger partial charge on any atom is 0.326 e. The van der Waals surface area contributed by atoms with Gasteiger partial charge in [-0.3, -0.25) is 19.2 Å². The molecule has 1 heterocycles. The molecule has 12 nitrogen and oxygen atoms in total. The van der Waals surface area contributed by atoms with Gasteiger partial charge in [-0.15, -0.1) is 0 Å². The van der Waals surface area contributed by atoms with Crippen molar-refractivity contribution < 1.29 is 34.2 Å². The van der Waals surface area contributed by atoms with Crippen LogP contribution in [0.25, 0.3) is 0 Å². The molecule has 4 unspecified atom stereocenters. The van der Waals surface area contributed by atoms with Crippen molar-refractivity contribution in [3.05, 3.63) is 29.8 Å². The minimum Gasteiger partial charge on any atom is -0.508 e. The molecule has 12 heteroatoms. The van der Waals surface area contributed by atoms with Crippen molar-refractivity contribution in [2.45, 2.75) is 70.1 Å². The first-order chi connectivity index (χ1) is 16.9. The summed E-state index contributed by atoms with van der Waals surface area (Å²) in [6.07, 6.45) is 0.838. The summed E-state index contributed by atoms with van der Waals surface area (Å²) in [5.41, 5.74) is 11.6. The highest BCUT2D eigenvalue weighted by Gasteiger charge is 2.39. The van der Waals surface area contributed by atoms with Gasteiger partial charge in [0, 0.05) is 19.4 Å². The summed E-state index contributed by atoms with van der Waals surface area (Å²) in [6.45, 7) is 3.59. The second-order valence-electron chi connectivity index (χ2n) is 9.30. The standard InChI is InChI=1S/C24H35N5O7/c1-13(2)20(24(35)36)28-22(33)18-4-3-11-29(18)23(34)17(12-14-5-7-15(30)8-6-14)27-21(32)16(25)9-10-19(26)31/h5-8,13,16-18,20,30H,3-4,9-12,25H2,1-2H3,(H2,26,31)(H,27,32)(H,28,33)(H,35,36). The van der Waals surface area contributed by atoms with Crippen molar-refractivity contribution in [3.8, 4) is 5.75 Å². The number of primary amides is 1. The van der Waals surface area contributed by atoms with Crippen molar-refractivity contribution in [1.29, 1.82) is 0 Å². The first kappa shape index (κ1) is 28.6. The first-order valence-electron chi connectivity index (χ1n) is 11.9. The number of phenols is 1. The fourth-order valence-electron chi connectivity index (χ4n) is 4.04. The fraction of sp³-hybridized carbons (Fsp3) is 0.542. The van der Waals surface area contributed by atoms with E-state index in [1.54, 1.807) is 26.0 Å². The number of benzene rings is 1. The molecule has 0 radical (unpaired) electrons. The Morgan fingerprint density at radius 2 is 1.75 bits per heavy atom. The lowest BCUT2D eigenvalue weighted by Crippen LogP contribution is -2.57. The van der Waals surface area contributed by atoms with Gasteiger partial charge < -0.3 is 37.2 Å². The van der Waals surface area contributed by atoms with E-state index in [1.165, 1.54) is 17.0 Å². The molecule has 1 aliphatic heterocycles. The molecule has 36 heavy (non-hydrogen) atoms. The molecule has 0 spiro atoms. The van der Waals surface area contributed by atoms with Crippen molar-refractivity contribution in [2.75, 3.05) is 6.54 Å². The van der Waals surface area contributed by atoms with Crippen LogP contribution in [-0.4, -0.2) is 75.4 Å². The SMILES string of the molecule is CC(C)C(NC(=O)C1CCCN1C(=O)C(Cc1ccc(O)cc1)NC(=O)C(N)CCC(N)=O)C(=O)O. The van der Waals surface area contributed by atoms with Crippen LogP contribution in [0.1, 0.15) is 45.1 Å². The average molecular weight is 506 g/mol. The van der Waals surface area contributed by atoms with Gasteiger partial charge in [0.25, 0.3) is 0 Å². The van der Waals surface area contributed by atoms with Gasteiger partial charge in [-0.05, 0) is 42.9 Å². The smallest absolute Gasteiger partial charge is 0.326 e. The quantitative estimate of drug-likeness (QED) is 0.212. The monoisotopic (exact) mass is 505 g/mol. The number of rotatable bonds is 12. The number of nitrogens with one attached hydrogen (secondary N) is 2. The van der Waals surface area contributed by atoms with E-state index in [0.29, 0.717) is 18.4 Å². The van der Waals surface area contributed by atoms with Crippen LogP contribution in [0.5, 0.6) is 5.75 Å². The van der Waals surface area contributed by atoms with Gasteiger partial charge in [0.15, 0.2) is 0 Å². The predicted octanol–water partition coefficient (Wildman–Crippen LogP) is -0.771. The predicted molar refractivity (Wildman–Crippen MR) is 129 cm³/mol.